The Bertz CT molecular complexity index is 856. The van der Waals surface area contributed by atoms with E-state index >= 15 is 0 Å². The summed E-state index contributed by atoms with van der Waals surface area (Å²) in [5.74, 6) is 0.652. The fourth-order valence-electron chi connectivity index (χ4n) is 3.25. The number of ether oxygens (including phenoxy) is 1. The molecule has 5 nitrogen and oxygen atoms in total. The molecule has 0 spiro atoms. The number of carbonyl (C=O) groups is 2. The largest absolute Gasteiger partial charge is 0.483 e. The highest BCUT2D eigenvalue weighted by molar-refractivity contribution is 5.88. The Morgan fingerprint density at radius 3 is 2.19 bits per heavy atom. The van der Waals surface area contributed by atoms with Crippen LogP contribution in [0.1, 0.15) is 52.7 Å². The van der Waals surface area contributed by atoms with Gasteiger partial charge in [0.05, 0.1) is 0 Å². The molecule has 168 valence electrons. The average molecular weight is 425 g/mol. The van der Waals surface area contributed by atoms with Gasteiger partial charge in [0.15, 0.2) is 6.61 Å². The fourth-order valence-corrected chi connectivity index (χ4v) is 3.25. The lowest BCUT2D eigenvalue weighted by Crippen LogP contribution is -2.49. The standard InChI is InChI=1S/C26H36N2O3/c1-19(2)16-27-25(30)20(3)28(17-21-12-8-7-9-13-21)24(29)18-31-23-15-11-10-14-22(23)26(4,5)6/h7-15,19-20H,16-18H2,1-6H3,(H,27,30)/t20-/m1/s1. The molecule has 0 heterocycles. The Kier molecular flexibility index (Phi) is 8.66. The van der Waals surface area contributed by atoms with Crippen molar-refractivity contribution in [1.29, 1.82) is 0 Å². The number of nitrogens with zero attached hydrogens (tertiary/aromatic N) is 1. The van der Waals surface area contributed by atoms with E-state index in [2.05, 4.69) is 26.1 Å². The summed E-state index contributed by atoms with van der Waals surface area (Å²) in [7, 11) is 0. The van der Waals surface area contributed by atoms with Crippen LogP contribution >= 0.6 is 0 Å². The summed E-state index contributed by atoms with van der Waals surface area (Å²) in [4.78, 5) is 27.5. The third-order valence-electron chi connectivity index (χ3n) is 5.09. The SMILES string of the molecule is CC(C)CNC(=O)[C@@H](C)N(Cc1ccccc1)C(=O)COc1ccccc1C(C)(C)C. The van der Waals surface area contributed by atoms with Crippen molar-refractivity contribution in [2.75, 3.05) is 13.2 Å². The summed E-state index contributed by atoms with van der Waals surface area (Å²) < 4.78 is 5.95. The first-order chi connectivity index (χ1) is 14.6. The normalized spacial score (nSPS) is 12.4. The Balaban J connectivity index is 2.17. The fraction of sp³-hybridized carbons (Fsp3) is 0.462. The van der Waals surface area contributed by atoms with Crippen LogP contribution in [0.15, 0.2) is 54.6 Å². The third-order valence-corrected chi connectivity index (χ3v) is 5.09. The molecule has 0 aliphatic rings. The zero-order valence-corrected chi connectivity index (χ0v) is 19.6. The molecule has 2 aromatic carbocycles. The van der Waals surface area contributed by atoms with Crippen molar-refractivity contribution in [3.8, 4) is 5.75 Å². The van der Waals surface area contributed by atoms with Crippen LogP contribution in [-0.4, -0.2) is 35.9 Å². The van der Waals surface area contributed by atoms with E-state index in [1.807, 2.05) is 68.4 Å². The molecule has 2 rings (SSSR count). The van der Waals surface area contributed by atoms with E-state index in [9.17, 15) is 9.59 Å². The van der Waals surface area contributed by atoms with Crippen LogP contribution in [0.3, 0.4) is 0 Å². The Hall–Kier alpha value is -2.82. The zero-order valence-electron chi connectivity index (χ0n) is 19.6. The molecule has 0 saturated carbocycles. The van der Waals surface area contributed by atoms with Crippen molar-refractivity contribution in [3.05, 3.63) is 65.7 Å². The number of hydrogen-bond donors (Lipinski definition) is 1. The summed E-state index contributed by atoms with van der Waals surface area (Å²) >= 11 is 0. The molecule has 31 heavy (non-hydrogen) atoms. The first-order valence-electron chi connectivity index (χ1n) is 10.9. The van der Waals surface area contributed by atoms with Gasteiger partial charge in [-0.3, -0.25) is 9.59 Å². The zero-order chi connectivity index (χ0) is 23.0. The number of amides is 2. The molecular weight excluding hydrogens is 388 g/mol. The molecule has 0 saturated heterocycles. The van der Waals surface area contributed by atoms with Crippen molar-refractivity contribution in [2.45, 2.75) is 59.5 Å². The maximum absolute atomic E-state index is 13.2. The number of carbonyl (C=O) groups excluding carboxylic acids is 2. The van der Waals surface area contributed by atoms with Gasteiger partial charge in [0, 0.05) is 13.1 Å². The van der Waals surface area contributed by atoms with Gasteiger partial charge in [0.25, 0.3) is 5.91 Å². The molecule has 0 fully saturated rings. The van der Waals surface area contributed by atoms with Crippen molar-refractivity contribution >= 4 is 11.8 Å². The first kappa shape index (κ1) is 24.4. The van der Waals surface area contributed by atoms with Gasteiger partial charge in [-0.05, 0) is 35.4 Å². The molecule has 0 aliphatic carbocycles. The van der Waals surface area contributed by atoms with E-state index in [4.69, 9.17) is 4.74 Å². The average Bonchev–Trinajstić information content (AvgIpc) is 2.73. The highest BCUT2D eigenvalue weighted by atomic mass is 16.5. The van der Waals surface area contributed by atoms with Gasteiger partial charge < -0.3 is 15.0 Å². The van der Waals surface area contributed by atoms with Gasteiger partial charge in [-0.25, -0.2) is 0 Å². The van der Waals surface area contributed by atoms with Crippen LogP contribution in [0.2, 0.25) is 0 Å². The number of nitrogens with one attached hydrogen (secondary N) is 1. The lowest BCUT2D eigenvalue weighted by atomic mass is 9.86. The van der Waals surface area contributed by atoms with Crippen molar-refractivity contribution < 1.29 is 14.3 Å². The smallest absolute Gasteiger partial charge is 0.261 e. The molecule has 0 aromatic heterocycles. The van der Waals surface area contributed by atoms with Crippen molar-refractivity contribution in [2.24, 2.45) is 5.92 Å². The monoisotopic (exact) mass is 424 g/mol. The number of para-hydroxylation sites is 1. The molecule has 0 bridgehead atoms. The molecule has 2 aromatic rings. The summed E-state index contributed by atoms with van der Waals surface area (Å²) in [6, 6.07) is 16.9. The molecular formula is C26H36N2O3. The van der Waals surface area contributed by atoms with Crippen LogP contribution < -0.4 is 10.1 Å². The van der Waals surface area contributed by atoms with Crippen molar-refractivity contribution in [1.82, 2.24) is 10.2 Å². The lowest BCUT2D eigenvalue weighted by molar-refractivity contribution is -0.142. The minimum absolute atomic E-state index is 0.104. The number of benzene rings is 2. The molecule has 1 N–H and O–H groups in total. The van der Waals surface area contributed by atoms with Crippen molar-refractivity contribution in [3.63, 3.8) is 0 Å². The summed E-state index contributed by atoms with van der Waals surface area (Å²) in [6.07, 6.45) is 0. The highest BCUT2D eigenvalue weighted by Gasteiger charge is 2.27. The number of hydrogen-bond acceptors (Lipinski definition) is 3. The van der Waals surface area contributed by atoms with Crippen LogP contribution in [0.25, 0.3) is 0 Å². The molecule has 2 amide bonds. The maximum Gasteiger partial charge on any atom is 0.261 e. The summed E-state index contributed by atoms with van der Waals surface area (Å²) in [5.41, 5.74) is 1.91. The minimum atomic E-state index is -0.604. The van der Waals surface area contributed by atoms with Gasteiger partial charge >= 0.3 is 0 Å². The Morgan fingerprint density at radius 1 is 0.968 bits per heavy atom. The van der Waals surface area contributed by atoms with Crippen LogP contribution in [0, 0.1) is 5.92 Å². The molecule has 1 atom stereocenters. The van der Waals surface area contributed by atoms with Gasteiger partial charge in [0.1, 0.15) is 11.8 Å². The molecule has 5 heteroatoms. The van der Waals surface area contributed by atoms with E-state index in [0.717, 1.165) is 11.1 Å². The second kappa shape index (κ2) is 11.0. The third kappa shape index (κ3) is 7.42. The highest BCUT2D eigenvalue weighted by Crippen LogP contribution is 2.31. The lowest BCUT2D eigenvalue weighted by Gasteiger charge is -2.29. The van der Waals surface area contributed by atoms with E-state index in [-0.39, 0.29) is 23.8 Å². The second-order valence-corrected chi connectivity index (χ2v) is 9.36. The van der Waals surface area contributed by atoms with Gasteiger partial charge in [-0.2, -0.15) is 0 Å². The first-order valence-corrected chi connectivity index (χ1v) is 10.9. The second-order valence-electron chi connectivity index (χ2n) is 9.36. The molecule has 0 radical (unpaired) electrons. The summed E-state index contributed by atoms with van der Waals surface area (Å²) in [6.45, 7) is 13.0. The van der Waals surface area contributed by atoms with Crippen LogP contribution in [0.4, 0.5) is 0 Å². The maximum atomic E-state index is 13.2. The van der Waals surface area contributed by atoms with E-state index in [0.29, 0.717) is 24.8 Å². The van der Waals surface area contributed by atoms with Gasteiger partial charge in [0.2, 0.25) is 5.91 Å². The predicted octanol–water partition coefficient (Wildman–Crippen LogP) is 4.55. The topological polar surface area (TPSA) is 58.6 Å². The van der Waals surface area contributed by atoms with Gasteiger partial charge in [-0.15, -0.1) is 0 Å². The summed E-state index contributed by atoms with van der Waals surface area (Å²) in [5, 5.41) is 2.93. The van der Waals surface area contributed by atoms with E-state index < -0.39 is 6.04 Å². The minimum Gasteiger partial charge on any atom is -0.483 e. The number of rotatable bonds is 9. The van der Waals surface area contributed by atoms with E-state index in [1.165, 1.54) is 0 Å². The molecule has 0 aliphatic heterocycles. The predicted molar refractivity (Wildman–Crippen MR) is 125 cm³/mol. The van der Waals surface area contributed by atoms with Gasteiger partial charge in [-0.1, -0.05) is 83.1 Å². The molecule has 0 unspecified atom stereocenters. The van der Waals surface area contributed by atoms with Crippen LogP contribution in [-0.2, 0) is 21.5 Å². The Morgan fingerprint density at radius 2 is 1.58 bits per heavy atom. The Labute approximate surface area is 186 Å². The van der Waals surface area contributed by atoms with E-state index in [1.54, 1.807) is 11.8 Å². The quantitative estimate of drug-likeness (QED) is 0.642. The van der Waals surface area contributed by atoms with Crippen LogP contribution in [0.5, 0.6) is 5.75 Å².